The van der Waals surface area contributed by atoms with Crippen LogP contribution in [-0.4, -0.2) is 77.1 Å². The lowest BCUT2D eigenvalue weighted by atomic mass is 9.91. The fourth-order valence-electron chi connectivity index (χ4n) is 5.12. The molecule has 1 amide bonds. The maximum absolute atomic E-state index is 13.8. The van der Waals surface area contributed by atoms with Gasteiger partial charge in [-0.3, -0.25) is 4.79 Å². The fraction of sp³-hybridized carbons (Fsp3) is 0.519. The van der Waals surface area contributed by atoms with Gasteiger partial charge in [0.1, 0.15) is 0 Å². The van der Waals surface area contributed by atoms with Crippen LogP contribution in [0.2, 0.25) is 0 Å². The zero-order chi connectivity index (χ0) is 26.6. The number of thioether (sulfide) groups is 1. The quantitative estimate of drug-likeness (QED) is 0.459. The van der Waals surface area contributed by atoms with E-state index in [0.717, 1.165) is 16.9 Å². The zero-order valence-corrected chi connectivity index (χ0v) is 23.6. The first-order valence-electron chi connectivity index (χ1n) is 12.6. The average molecular weight is 549 g/mol. The van der Waals surface area contributed by atoms with Gasteiger partial charge in [0.2, 0.25) is 10.0 Å². The normalized spacial score (nSPS) is 21.0. The van der Waals surface area contributed by atoms with Gasteiger partial charge in [0.15, 0.2) is 11.5 Å². The molecule has 0 spiro atoms. The second-order valence-corrected chi connectivity index (χ2v) is 12.7. The van der Waals surface area contributed by atoms with Crippen LogP contribution in [0.25, 0.3) is 0 Å². The molecule has 10 heteroatoms. The fourth-order valence-corrected chi connectivity index (χ4v) is 7.56. The van der Waals surface area contributed by atoms with Crippen molar-refractivity contribution in [2.75, 3.05) is 53.6 Å². The van der Waals surface area contributed by atoms with Crippen LogP contribution in [0.15, 0.2) is 46.2 Å². The molecule has 2 aliphatic heterocycles. The SMILES string of the molecule is COc1cccc(CSc2ccc(S(=O)(=O)N3CCOCC3)cc2C(=O)N2C[C@H](C)C[C@@H](C)C2)c1OC. The molecule has 0 bridgehead atoms. The van der Waals surface area contributed by atoms with E-state index in [1.807, 2.05) is 23.1 Å². The molecule has 2 aromatic carbocycles. The highest BCUT2D eigenvalue weighted by atomic mass is 32.2. The van der Waals surface area contributed by atoms with Gasteiger partial charge in [-0.15, -0.1) is 11.8 Å². The molecule has 4 rings (SSSR count). The summed E-state index contributed by atoms with van der Waals surface area (Å²) < 4.78 is 44.6. The zero-order valence-electron chi connectivity index (χ0n) is 21.9. The molecule has 2 fully saturated rings. The molecule has 2 aromatic rings. The number of rotatable bonds is 8. The Balaban J connectivity index is 1.68. The number of morpholine rings is 1. The summed E-state index contributed by atoms with van der Waals surface area (Å²) in [6.45, 7) is 6.97. The summed E-state index contributed by atoms with van der Waals surface area (Å²) in [5.41, 5.74) is 1.35. The highest BCUT2D eigenvalue weighted by molar-refractivity contribution is 7.98. The maximum Gasteiger partial charge on any atom is 0.255 e. The van der Waals surface area contributed by atoms with Gasteiger partial charge in [0, 0.05) is 42.4 Å². The molecule has 0 radical (unpaired) electrons. The van der Waals surface area contributed by atoms with Crippen LogP contribution in [0, 0.1) is 11.8 Å². The van der Waals surface area contributed by atoms with E-state index in [-0.39, 0.29) is 10.8 Å². The number of piperidine rings is 1. The Morgan fingerprint density at radius 3 is 2.41 bits per heavy atom. The Morgan fingerprint density at radius 1 is 1.05 bits per heavy atom. The number of sulfonamides is 1. The largest absolute Gasteiger partial charge is 0.493 e. The van der Waals surface area contributed by atoms with Crippen molar-refractivity contribution in [3.63, 3.8) is 0 Å². The number of amides is 1. The number of methoxy groups -OCH3 is 2. The number of ether oxygens (including phenoxy) is 3. The second-order valence-electron chi connectivity index (χ2n) is 9.77. The van der Waals surface area contributed by atoms with Crippen molar-refractivity contribution in [2.24, 2.45) is 11.8 Å². The van der Waals surface area contributed by atoms with Crippen molar-refractivity contribution < 1.29 is 27.4 Å². The third kappa shape index (κ3) is 6.25. The van der Waals surface area contributed by atoms with E-state index >= 15 is 0 Å². The number of carbonyl (C=O) groups is 1. The van der Waals surface area contributed by atoms with E-state index in [2.05, 4.69) is 13.8 Å². The lowest BCUT2D eigenvalue weighted by Crippen LogP contribution is -2.43. The summed E-state index contributed by atoms with van der Waals surface area (Å²) in [4.78, 5) is 16.6. The van der Waals surface area contributed by atoms with Gasteiger partial charge in [0.05, 0.1) is 37.9 Å². The summed E-state index contributed by atoms with van der Waals surface area (Å²) in [5.74, 6) is 2.48. The monoisotopic (exact) mass is 548 g/mol. The minimum atomic E-state index is -3.74. The van der Waals surface area contributed by atoms with Crippen molar-refractivity contribution in [2.45, 2.75) is 35.8 Å². The molecule has 2 saturated heterocycles. The van der Waals surface area contributed by atoms with Crippen LogP contribution in [0.1, 0.15) is 36.2 Å². The van der Waals surface area contributed by atoms with Crippen molar-refractivity contribution in [1.29, 1.82) is 0 Å². The van der Waals surface area contributed by atoms with Crippen molar-refractivity contribution >= 4 is 27.7 Å². The predicted octanol–water partition coefficient (Wildman–Crippen LogP) is 4.14. The first-order valence-corrected chi connectivity index (χ1v) is 15.0. The first kappa shape index (κ1) is 27.8. The number of carbonyl (C=O) groups excluding carboxylic acids is 1. The highest BCUT2D eigenvalue weighted by Crippen LogP contribution is 2.37. The third-order valence-electron chi connectivity index (χ3n) is 6.81. The molecule has 0 saturated carbocycles. The Bertz CT molecular complexity index is 1200. The number of hydrogen-bond donors (Lipinski definition) is 0. The molecule has 37 heavy (non-hydrogen) atoms. The van der Waals surface area contributed by atoms with Crippen LogP contribution in [-0.2, 0) is 20.5 Å². The highest BCUT2D eigenvalue weighted by Gasteiger charge is 2.31. The van der Waals surface area contributed by atoms with Gasteiger partial charge < -0.3 is 19.1 Å². The molecule has 2 atom stereocenters. The molecule has 0 unspecified atom stereocenters. The lowest BCUT2D eigenvalue weighted by molar-refractivity contribution is 0.0619. The topological polar surface area (TPSA) is 85.4 Å². The molecule has 202 valence electrons. The average Bonchev–Trinajstić information content (AvgIpc) is 2.91. The third-order valence-corrected chi connectivity index (χ3v) is 9.83. The Kier molecular flexibility index (Phi) is 9.05. The Morgan fingerprint density at radius 2 is 1.76 bits per heavy atom. The number of likely N-dealkylation sites (tertiary alicyclic amines) is 1. The molecular formula is C27H36N2O6S2. The van der Waals surface area contributed by atoms with E-state index in [9.17, 15) is 13.2 Å². The molecule has 2 heterocycles. The lowest BCUT2D eigenvalue weighted by Gasteiger charge is -2.35. The molecule has 0 aromatic heterocycles. The van der Waals surface area contributed by atoms with Crippen molar-refractivity contribution in [3.05, 3.63) is 47.5 Å². The molecular weight excluding hydrogens is 512 g/mol. The van der Waals surface area contributed by atoms with Crippen LogP contribution in [0.5, 0.6) is 11.5 Å². The summed E-state index contributed by atoms with van der Waals surface area (Å²) in [5, 5.41) is 0. The van der Waals surface area contributed by atoms with Gasteiger partial charge in [-0.25, -0.2) is 8.42 Å². The molecule has 0 aliphatic carbocycles. The number of hydrogen-bond acceptors (Lipinski definition) is 7. The first-order chi connectivity index (χ1) is 17.7. The van der Waals surface area contributed by atoms with E-state index in [0.29, 0.717) is 74.0 Å². The van der Waals surface area contributed by atoms with Gasteiger partial charge in [-0.05, 0) is 42.5 Å². The number of para-hydroxylation sites is 1. The molecule has 0 N–H and O–H groups in total. The van der Waals surface area contributed by atoms with Gasteiger partial charge in [-0.2, -0.15) is 4.31 Å². The second kappa shape index (κ2) is 12.1. The molecule has 8 nitrogen and oxygen atoms in total. The summed E-state index contributed by atoms with van der Waals surface area (Å²) in [6, 6.07) is 10.6. The predicted molar refractivity (Wildman–Crippen MR) is 144 cm³/mol. The number of benzene rings is 2. The minimum absolute atomic E-state index is 0.127. The van der Waals surface area contributed by atoms with Gasteiger partial charge in [0.25, 0.3) is 5.91 Å². The summed E-state index contributed by atoms with van der Waals surface area (Å²) in [7, 11) is -0.538. The van der Waals surface area contributed by atoms with Crippen molar-refractivity contribution in [3.8, 4) is 11.5 Å². The Labute approximate surface area is 224 Å². The smallest absolute Gasteiger partial charge is 0.255 e. The summed E-state index contributed by atoms with van der Waals surface area (Å²) in [6.07, 6.45) is 1.08. The molecule has 2 aliphatic rings. The van der Waals surface area contributed by atoms with Crippen LogP contribution in [0.4, 0.5) is 0 Å². The van der Waals surface area contributed by atoms with E-state index in [1.54, 1.807) is 32.4 Å². The van der Waals surface area contributed by atoms with Crippen molar-refractivity contribution in [1.82, 2.24) is 9.21 Å². The Hall–Kier alpha value is -2.27. The van der Waals surface area contributed by atoms with E-state index in [4.69, 9.17) is 14.2 Å². The summed E-state index contributed by atoms with van der Waals surface area (Å²) >= 11 is 1.49. The van der Waals surface area contributed by atoms with E-state index < -0.39 is 10.0 Å². The van der Waals surface area contributed by atoms with Gasteiger partial charge >= 0.3 is 0 Å². The minimum Gasteiger partial charge on any atom is -0.493 e. The van der Waals surface area contributed by atoms with E-state index in [1.165, 1.54) is 16.1 Å². The van der Waals surface area contributed by atoms with Crippen LogP contribution < -0.4 is 9.47 Å². The maximum atomic E-state index is 13.8. The van der Waals surface area contributed by atoms with Crippen LogP contribution >= 0.6 is 11.8 Å². The standard InChI is InChI=1S/C27H36N2O6S2/c1-19-14-20(2)17-28(16-19)27(30)23-15-22(37(31,32)29-10-12-35-13-11-29)8-9-25(23)36-18-21-6-5-7-24(33-3)26(21)34-4/h5-9,15,19-20H,10-14,16-18H2,1-4H3/t19-,20-/m1/s1. The van der Waals surface area contributed by atoms with Gasteiger partial charge in [-0.1, -0.05) is 26.0 Å². The van der Waals surface area contributed by atoms with Crippen LogP contribution in [0.3, 0.4) is 0 Å². The number of nitrogens with zero attached hydrogens (tertiary/aromatic N) is 2.